The Kier molecular flexibility index (Phi) is 5.42. The Balaban J connectivity index is 1.62. The molecule has 0 spiro atoms. The summed E-state index contributed by atoms with van der Waals surface area (Å²) in [6.45, 7) is 5.03. The minimum absolute atomic E-state index is 0.0894. The van der Waals surface area contributed by atoms with E-state index in [1.54, 1.807) is 50.2 Å². The van der Waals surface area contributed by atoms with Crippen molar-refractivity contribution < 1.29 is 27.2 Å². The van der Waals surface area contributed by atoms with Gasteiger partial charge in [-0.2, -0.15) is 0 Å². The minimum atomic E-state index is -3.83. The van der Waals surface area contributed by atoms with Crippen LogP contribution >= 0.6 is 0 Å². The quantitative estimate of drug-likeness (QED) is 0.601. The molecule has 0 unspecified atom stereocenters. The highest BCUT2D eigenvalue weighted by molar-refractivity contribution is 7.89. The number of sulfonamides is 1. The van der Waals surface area contributed by atoms with Crippen molar-refractivity contribution in [2.75, 3.05) is 12.1 Å². The summed E-state index contributed by atoms with van der Waals surface area (Å²) in [5.41, 5.74) is 2.95. The fraction of sp³-hybridized carbons (Fsp3) is 0.238. The topological polar surface area (TPSA) is 120 Å². The Morgan fingerprint density at radius 2 is 1.87 bits per heavy atom. The summed E-state index contributed by atoms with van der Waals surface area (Å²) in [4.78, 5) is 11.6. The molecule has 3 aromatic rings. The summed E-state index contributed by atoms with van der Waals surface area (Å²) in [5, 5.41) is 6.47. The fourth-order valence-corrected chi connectivity index (χ4v) is 4.59. The van der Waals surface area contributed by atoms with Crippen LogP contribution in [0.2, 0.25) is 0 Å². The number of aryl methyl sites for hydroxylation is 2. The van der Waals surface area contributed by atoms with Crippen molar-refractivity contribution in [3.05, 3.63) is 53.2 Å². The summed E-state index contributed by atoms with van der Waals surface area (Å²) in [5.74, 6) is 1.07. The number of nitrogens with zero attached hydrogens (tertiary/aromatic N) is 1. The van der Waals surface area contributed by atoms with Gasteiger partial charge in [0.05, 0.1) is 16.2 Å². The Labute approximate surface area is 179 Å². The second kappa shape index (κ2) is 8.05. The molecule has 0 saturated carbocycles. The number of benzene rings is 2. The van der Waals surface area contributed by atoms with Gasteiger partial charge in [0.2, 0.25) is 28.6 Å². The predicted molar refractivity (Wildman–Crippen MR) is 112 cm³/mol. The van der Waals surface area contributed by atoms with Gasteiger partial charge in [0.15, 0.2) is 11.5 Å². The number of aromatic nitrogens is 1. The molecule has 1 amide bonds. The monoisotopic (exact) mass is 443 g/mol. The van der Waals surface area contributed by atoms with Crippen molar-refractivity contribution in [1.29, 1.82) is 0 Å². The SMILES string of the molecule is CC(=O)Nc1onc(C)c1-c1ccc(C)c(S(=O)(=O)NCc2ccc3c(c2)OCO3)c1. The van der Waals surface area contributed by atoms with Gasteiger partial charge in [-0.25, -0.2) is 13.1 Å². The van der Waals surface area contributed by atoms with Crippen LogP contribution in [0.5, 0.6) is 11.5 Å². The van der Waals surface area contributed by atoms with Crippen molar-refractivity contribution in [2.45, 2.75) is 32.2 Å². The lowest BCUT2D eigenvalue weighted by molar-refractivity contribution is -0.114. The highest BCUT2D eigenvalue weighted by Crippen LogP contribution is 2.34. The fourth-order valence-electron chi connectivity index (χ4n) is 3.31. The molecule has 0 saturated heterocycles. The third-order valence-electron chi connectivity index (χ3n) is 4.82. The normalized spacial score (nSPS) is 12.7. The van der Waals surface area contributed by atoms with E-state index in [1.165, 1.54) is 6.92 Å². The maximum atomic E-state index is 13.1. The number of ether oxygens (including phenoxy) is 2. The Morgan fingerprint density at radius 3 is 2.65 bits per heavy atom. The highest BCUT2D eigenvalue weighted by atomic mass is 32.2. The lowest BCUT2D eigenvalue weighted by Gasteiger charge is -2.12. The number of carbonyl (C=O) groups excluding carboxylic acids is 1. The first kappa shape index (κ1) is 20.9. The van der Waals surface area contributed by atoms with Crippen LogP contribution in [0.15, 0.2) is 45.8 Å². The van der Waals surface area contributed by atoms with E-state index in [1.807, 2.05) is 0 Å². The first-order valence-electron chi connectivity index (χ1n) is 9.47. The molecule has 0 aliphatic carbocycles. The number of amides is 1. The smallest absolute Gasteiger partial charge is 0.241 e. The third kappa shape index (κ3) is 4.25. The summed E-state index contributed by atoms with van der Waals surface area (Å²) in [6, 6.07) is 10.3. The molecule has 2 aromatic carbocycles. The Morgan fingerprint density at radius 1 is 1.10 bits per heavy atom. The van der Waals surface area contributed by atoms with Crippen LogP contribution in [0.3, 0.4) is 0 Å². The van der Waals surface area contributed by atoms with Crippen LogP contribution in [-0.2, 0) is 21.4 Å². The standard InChI is InChI=1S/C21H21N3O6S/c1-12-4-6-16(20-13(2)24-30-21(20)23-14(3)25)9-19(12)31(26,27)22-10-15-5-7-17-18(8-15)29-11-28-17/h4-9,22H,10-11H2,1-3H3,(H,23,25). The van der Waals surface area contributed by atoms with Gasteiger partial charge in [0, 0.05) is 13.5 Å². The molecule has 0 radical (unpaired) electrons. The number of carbonyl (C=O) groups is 1. The molecule has 2 N–H and O–H groups in total. The van der Waals surface area contributed by atoms with E-state index in [9.17, 15) is 13.2 Å². The summed E-state index contributed by atoms with van der Waals surface area (Å²) < 4.78 is 44.5. The number of nitrogens with one attached hydrogen (secondary N) is 2. The average molecular weight is 443 g/mol. The second-order valence-corrected chi connectivity index (χ2v) is 8.88. The molecular formula is C21H21N3O6S. The summed E-state index contributed by atoms with van der Waals surface area (Å²) in [6.07, 6.45) is 0. The molecule has 1 aliphatic heterocycles. The van der Waals surface area contributed by atoms with Crippen LogP contribution in [0.25, 0.3) is 11.1 Å². The Hall–Kier alpha value is -3.37. The largest absolute Gasteiger partial charge is 0.454 e. The van der Waals surface area contributed by atoms with Crippen LogP contribution in [-0.4, -0.2) is 26.3 Å². The van der Waals surface area contributed by atoms with Crippen molar-refractivity contribution >= 4 is 21.8 Å². The van der Waals surface area contributed by atoms with Crippen molar-refractivity contribution in [1.82, 2.24) is 9.88 Å². The van der Waals surface area contributed by atoms with Crippen LogP contribution < -0.4 is 19.5 Å². The zero-order chi connectivity index (χ0) is 22.2. The van der Waals surface area contributed by atoms with Crippen molar-refractivity contribution in [2.24, 2.45) is 0 Å². The van der Waals surface area contributed by atoms with Crippen LogP contribution in [0, 0.1) is 13.8 Å². The average Bonchev–Trinajstić information content (AvgIpc) is 3.32. The van der Waals surface area contributed by atoms with Crippen LogP contribution in [0.4, 0.5) is 5.88 Å². The highest BCUT2D eigenvalue weighted by Gasteiger charge is 2.22. The number of hydrogen-bond donors (Lipinski definition) is 2. The lowest BCUT2D eigenvalue weighted by Crippen LogP contribution is -2.24. The van der Waals surface area contributed by atoms with E-state index in [0.717, 1.165) is 5.56 Å². The van der Waals surface area contributed by atoms with Gasteiger partial charge in [0.1, 0.15) is 0 Å². The van der Waals surface area contributed by atoms with E-state index < -0.39 is 10.0 Å². The van der Waals surface area contributed by atoms with E-state index in [4.69, 9.17) is 14.0 Å². The first-order valence-corrected chi connectivity index (χ1v) is 11.0. The van der Waals surface area contributed by atoms with Gasteiger partial charge in [-0.1, -0.05) is 23.4 Å². The molecule has 0 bridgehead atoms. The van der Waals surface area contributed by atoms with Gasteiger partial charge in [-0.15, -0.1) is 0 Å². The number of anilines is 1. The molecule has 31 heavy (non-hydrogen) atoms. The van der Waals surface area contributed by atoms with Crippen molar-refractivity contribution in [3.63, 3.8) is 0 Å². The molecule has 4 rings (SSSR count). The van der Waals surface area contributed by atoms with Crippen LogP contribution in [0.1, 0.15) is 23.7 Å². The molecule has 2 heterocycles. The second-order valence-electron chi connectivity index (χ2n) is 7.15. The Bertz CT molecular complexity index is 1270. The van der Waals surface area contributed by atoms with Gasteiger partial charge >= 0.3 is 0 Å². The van der Waals surface area contributed by atoms with E-state index >= 15 is 0 Å². The first-order chi connectivity index (χ1) is 14.7. The zero-order valence-corrected chi connectivity index (χ0v) is 18.0. The zero-order valence-electron chi connectivity index (χ0n) is 17.2. The molecular weight excluding hydrogens is 422 g/mol. The van der Waals surface area contributed by atoms with Crippen molar-refractivity contribution in [3.8, 4) is 22.6 Å². The van der Waals surface area contributed by atoms with Gasteiger partial charge in [-0.05, 0) is 48.7 Å². The lowest BCUT2D eigenvalue weighted by atomic mass is 10.0. The molecule has 1 aromatic heterocycles. The summed E-state index contributed by atoms with van der Waals surface area (Å²) >= 11 is 0. The molecule has 10 heteroatoms. The van der Waals surface area contributed by atoms with Gasteiger partial charge < -0.3 is 14.0 Å². The number of rotatable bonds is 6. The molecule has 0 fully saturated rings. The molecule has 162 valence electrons. The number of fused-ring (bicyclic) bond motifs is 1. The van der Waals surface area contributed by atoms with E-state index in [-0.39, 0.29) is 30.0 Å². The number of hydrogen-bond acceptors (Lipinski definition) is 7. The molecule has 0 atom stereocenters. The van der Waals surface area contributed by atoms with E-state index in [0.29, 0.717) is 33.9 Å². The maximum absolute atomic E-state index is 13.1. The molecule has 9 nitrogen and oxygen atoms in total. The predicted octanol–water partition coefficient (Wildman–Crippen LogP) is 3.12. The van der Waals surface area contributed by atoms with Gasteiger partial charge in [-0.3, -0.25) is 10.1 Å². The minimum Gasteiger partial charge on any atom is -0.454 e. The third-order valence-corrected chi connectivity index (χ3v) is 6.37. The van der Waals surface area contributed by atoms with E-state index in [2.05, 4.69) is 15.2 Å². The van der Waals surface area contributed by atoms with Gasteiger partial charge in [0.25, 0.3) is 0 Å². The molecule has 1 aliphatic rings. The maximum Gasteiger partial charge on any atom is 0.241 e. The summed E-state index contributed by atoms with van der Waals surface area (Å²) in [7, 11) is -3.83.